The summed E-state index contributed by atoms with van der Waals surface area (Å²) in [6.45, 7) is 6.90. The quantitative estimate of drug-likeness (QED) is 0.477. The fraction of sp³-hybridized carbons (Fsp3) is 0.500. The van der Waals surface area contributed by atoms with Gasteiger partial charge in [0.1, 0.15) is 0 Å². The average molecular weight is 421 g/mol. The molecule has 0 saturated carbocycles. The molecule has 2 aromatic rings. The van der Waals surface area contributed by atoms with Crippen molar-refractivity contribution in [2.45, 2.75) is 50.6 Å². The number of nitrogens with zero attached hydrogens (tertiary/aromatic N) is 4. The van der Waals surface area contributed by atoms with Crippen LogP contribution in [0.2, 0.25) is 5.02 Å². The van der Waals surface area contributed by atoms with Crippen molar-refractivity contribution < 1.29 is 4.79 Å². The normalized spacial score (nSPS) is 12.2. The van der Waals surface area contributed by atoms with Crippen LogP contribution in [0.5, 0.6) is 0 Å². The lowest BCUT2D eigenvalue weighted by Gasteiger charge is -2.21. The molecule has 8 heteroatoms. The van der Waals surface area contributed by atoms with E-state index in [9.17, 15) is 9.59 Å². The number of fused-ring (bicyclic) bond motifs is 1. The zero-order valence-corrected chi connectivity index (χ0v) is 18.2. The molecule has 0 unspecified atom stereocenters. The Balaban J connectivity index is 2.40. The molecule has 1 amide bonds. The third kappa shape index (κ3) is 5.49. The van der Waals surface area contributed by atoms with Crippen molar-refractivity contribution in [3.8, 4) is 6.07 Å². The molecule has 0 aliphatic carbocycles. The van der Waals surface area contributed by atoms with Gasteiger partial charge in [-0.15, -0.1) is 0 Å². The number of nitriles is 1. The van der Waals surface area contributed by atoms with Crippen molar-refractivity contribution in [1.82, 2.24) is 14.5 Å². The van der Waals surface area contributed by atoms with Gasteiger partial charge in [0.05, 0.1) is 28.6 Å². The first-order valence-electron chi connectivity index (χ1n) is 9.23. The van der Waals surface area contributed by atoms with Gasteiger partial charge in [0.25, 0.3) is 5.56 Å². The van der Waals surface area contributed by atoms with Gasteiger partial charge >= 0.3 is 0 Å². The molecule has 0 radical (unpaired) electrons. The maximum atomic E-state index is 13.0. The highest BCUT2D eigenvalue weighted by atomic mass is 35.5. The van der Waals surface area contributed by atoms with Crippen molar-refractivity contribution >= 4 is 40.2 Å². The Kier molecular flexibility index (Phi) is 7.90. The molecule has 1 aromatic heterocycles. The molecule has 0 bridgehead atoms. The fourth-order valence-electron chi connectivity index (χ4n) is 2.70. The summed E-state index contributed by atoms with van der Waals surface area (Å²) in [4.78, 5) is 31.8. The van der Waals surface area contributed by atoms with Gasteiger partial charge in [-0.3, -0.25) is 14.2 Å². The second-order valence-electron chi connectivity index (χ2n) is 7.12. The molecule has 1 atom stereocenters. The van der Waals surface area contributed by atoms with E-state index in [1.165, 1.54) is 16.7 Å². The highest BCUT2D eigenvalue weighted by Crippen LogP contribution is 2.25. The predicted octanol–water partition coefficient (Wildman–Crippen LogP) is 3.95. The van der Waals surface area contributed by atoms with Crippen molar-refractivity contribution in [1.29, 1.82) is 5.26 Å². The number of thioether (sulfide) groups is 1. The van der Waals surface area contributed by atoms with Gasteiger partial charge in [-0.25, -0.2) is 4.98 Å². The Morgan fingerprint density at radius 2 is 2.11 bits per heavy atom. The van der Waals surface area contributed by atoms with Crippen LogP contribution in [0.3, 0.4) is 0 Å². The fourth-order valence-corrected chi connectivity index (χ4v) is 3.91. The Hall–Kier alpha value is -2.04. The van der Waals surface area contributed by atoms with E-state index < -0.39 is 5.25 Å². The number of hydrogen-bond acceptors (Lipinski definition) is 5. The van der Waals surface area contributed by atoms with E-state index in [0.29, 0.717) is 40.1 Å². The van der Waals surface area contributed by atoms with E-state index in [0.717, 1.165) is 6.42 Å². The number of hydrogen-bond donors (Lipinski definition) is 0. The molecule has 1 aromatic carbocycles. The Morgan fingerprint density at radius 1 is 1.39 bits per heavy atom. The van der Waals surface area contributed by atoms with Crippen LogP contribution in [-0.2, 0) is 11.3 Å². The molecule has 1 heterocycles. The first-order valence-corrected chi connectivity index (χ1v) is 10.5. The van der Waals surface area contributed by atoms with E-state index in [4.69, 9.17) is 16.9 Å². The number of amides is 1. The molecule has 0 aliphatic heterocycles. The monoisotopic (exact) mass is 420 g/mol. The lowest BCUT2D eigenvalue weighted by molar-refractivity contribution is -0.128. The van der Waals surface area contributed by atoms with Crippen LogP contribution in [-0.4, -0.2) is 39.2 Å². The van der Waals surface area contributed by atoms with Gasteiger partial charge in [-0.1, -0.05) is 37.2 Å². The highest BCUT2D eigenvalue weighted by Gasteiger charge is 2.22. The van der Waals surface area contributed by atoms with E-state index in [-0.39, 0.29) is 17.9 Å². The first-order chi connectivity index (χ1) is 13.2. The average Bonchev–Trinajstić information content (AvgIpc) is 2.64. The van der Waals surface area contributed by atoms with E-state index in [1.54, 1.807) is 36.7 Å². The minimum atomic E-state index is -0.433. The van der Waals surface area contributed by atoms with Gasteiger partial charge in [0, 0.05) is 25.2 Å². The van der Waals surface area contributed by atoms with Crippen LogP contribution >= 0.6 is 23.4 Å². The number of aromatic nitrogens is 2. The number of rotatable bonds is 8. The van der Waals surface area contributed by atoms with Gasteiger partial charge in [-0.05, 0) is 37.5 Å². The smallest absolute Gasteiger partial charge is 0.262 e. The van der Waals surface area contributed by atoms with Gasteiger partial charge in [0.2, 0.25) is 5.91 Å². The maximum Gasteiger partial charge on any atom is 0.262 e. The summed E-state index contributed by atoms with van der Waals surface area (Å²) in [5.41, 5.74) is 0.403. The summed E-state index contributed by atoms with van der Waals surface area (Å²) in [5.74, 6) is 0.331. The van der Waals surface area contributed by atoms with Crippen molar-refractivity contribution in [2.75, 3.05) is 13.6 Å². The molecule has 6 nitrogen and oxygen atoms in total. The summed E-state index contributed by atoms with van der Waals surface area (Å²) in [5, 5.41) is 9.81. The zero-order valence-electron chi connectivity index (χ0n) is 16.6. The Labute approximate surface area is 174 Å². The molecule has 0 N–H and O–H groups in total. The van der Waals surface area contributed by atoms with Crippen LogP contribution in [0, 0.1) is 17.2 Å². The zero-order chi connectivity index (χ0) is 20.8. The van der Waals surface area contributed by atoms with Crippen LogP contribution < -0.4 is 5.56 Å². The highest BCUT2D eigenvalue weighted by molar-refractivity contribution is 8.00. The summed E-state index contributed by atoms with van der Waals surface area (Å²) >= 11 is 7.33. The SMILES string of the molecule is CC(C)CCn1c(S[C@@H](C)C(=O)N(C)CCC#N)nc2cc(Cl)ccc2c1=O. The van der Waals surface area contributed by atoms with Crippen LogP contribution in [0.25, 0.3) is 10.9 Å². The molecule has 0 fully saturated rings. The van der Waals surface area contributed by atoms with E-state index in [2.05, 4.69) is 18.8 Å². The third-order valence-electron chi connectivity index (χ3n) is 4.38. The third-order valence-corrected chi connectivity index (χ3v) is 5.69. The van der Waals surface area contributed by atoms with Crippen molar-refractivity contribution in [2.24, 2.45) is 5.92 Å². The minimum Gasteiger partial charge on any atom is -0.344 e. The minimum absolute atomic E-state index is 0.101. The molecule has 2 rings (SSSR count). The summed E-state index contributed by atoms with van der Waals surface area (Å²) in [6, 6.07) is 7.08. The van der Waals surface area contributed by atoms with Gasteiger partial charge < -0.3 is 4.90 Å². The number of carbonyl (C=O) groups is 1. The molecule has 28 heavy (non-hydrogen) atoms. The molecule has 0 aliphatic rings. The maximum absolute atomic E-state index is 13.0. The summed E-state index contributed by atoms with van der Waals surface area (Å²) < 4.78 is 1.65. The van der Waals surface area contributed by atoms with Gasteiger partial charge in [0.15, 0.2) is 5.16 Å². The summed E-state index contributed by atoms with van der Waals surface area (Å²) in [6.07, 6.45) is 1.12. The largest absolute Gasteiger partial charge is 0.344 e. The molecular weight excluding hydrogens is 396 g/mol. The first kappa shape index (κ1) is 22.3. The second-order valence-corrected chi connectivity index (χ2v) is 8.87. The predicted molar refractivity (Wildman–Crippen MR) is 114 cm³/mol. The lowest BCUT2D eigenvalue weighted by atomic mass is 10.1. The Morgan fingerprint density at radius 3 is 2.75 bits per heavy atom. The topological polar surface area (TPSA) is 79.0 Å². The van der Waals surface area contributed by atoms with E-state index in [1.807, 2.05) is 6.07 Å². The lowest BCUT2D eigenvalue weighted by Crippen LogP contribution is -2.34. The van der Waals surface area contributed by atoms with E-state index >= 15 is 0 Å². The standard InChI is InChI=1S/C20H25ClN4O2S/c1-13(2)8-11-25-19(27)16-7-6-15(21)12-17(16)23-20(25)28-14(3)18(26)24(4)10-5-9-22/h6-7,12-14H,5,8,10-11H2,1-4H3/t14-/m0/s1. The number of halogens is 1. The molecule has 150 valence electrons. The summed E-state index contributed by atoms with van der Waals surface area (Å²) in [7, 11) is 1.68. The van der Waals surface area contributed by atoms with Crippen LogP contribution in [0.15, 0.2) is 28.2 Å². The number of benzene rings is 1. The second kappa shape index (κ2) is 9.94. The Bertz CT molecular complexity index is 952. The van der Waals surface area contributed by atoms with Crippen molar-refractivity contribution in [3.63, 3.8) is 0 Å². The van der Waals surface area contributed by atoms with Crippen molar-refractivity contribution in [3.05, 3.63) is 33.6 Å². The molecule has 0 spiro atoms. The van der Waals surface area contributed by atoms with Crippen LogP contribution in [0.1, 0.15) is 33.6 Å². The number of carbonyl (C=O) groups excluding carboxylic acids is 1. The molecule has 0 saturated heterocycles. The molecular formula is C20H25ClN4O2S. The van der Waals surface area contributed by atoms with Gasteiger partial charge in [-0.2, -0.15) is 5.26 Å². The van der Waals surface area contributed by atoms with Crippen LogP contribution in [0.4, 0.5) is 0 Å².